The first-order valence-corrected chi connectivity index (χ1v) is 7.67. The van der Waals surface area contributed by atoms with Gasteiger partial charge in [0, 0.05) is 18.5 Å². The average Bonchev–Trinajstić information content (AvgIpc) is 2.48. The molecule has 0 aromatic heterocycles. The third kappa shape index (κ3) is 4.16. The molecule has 19 heavy (non-hydrogen) atoms. The highest BCUT2D eigenvalue weighted by atomic mass is 16.2. The number of nitrogens with zero attached hydrogens (tertiary/aromatic N) is 2. The molecule has 2 rings (SSSR count). The predicted octanol–water partition coefficient (Wildman–Crippen LogP) is 0.563. The molecule has 0 bridgehead atoms. The van der Waals surface area contributed by atoms with E-state index in [9.17, 15) is 4.79 Å². The van der Waals surface area contributed by atoms with Gasteiger partial charge in [-0.2, -0.15) is 0 Å². The van der Waals surface area contributed by atoms with Crippen LogP contribution in [-0.4, -0.2) is 54.5 Å². The molecule has 0 spiro atoms. The van der Waals surface area contributed by atoms with Crippen molar-refractivity contribution in [3.8, 4) is 0 Å². The Labute approximate surface area is 116 Å². The summed E-state index contributed by atoms with van der Waals surface area (Å²) in [5.41, 5.74) is 2.24. The second-order valence-electron chi connectivity index (χ2n) is 6.04. The number of likely N-dealkylation sites (tertiary alicyclic amines) is 2. The van der Waals surface area contributed by atoms with E-state index in [1.165, 1.54) is 45.2 Å². The van der Waals surface area contributed by atoms with Crippen LogP contribution in [0.4, 0.5) is 0 Å². The van der Waals surface area contributed by atoms with Crippen molar-refractivity contribution in [3.05, 3.63) is 0 Å². The molecule has 2 heterocycles. The molecule has 3 N–H and O–H groups in total. The topological polar surface area (TPSA) is 61.6 Å². The third-order valence-electron chi connectivity index (χ3n) is 4.59. The van der Waals surface area contributed by atoms with Crippen LogP contribution in [0, 0.1) is 5.92 Å². The van der Waals surface area contributed by atoms with Crippen molar-refractivity contribution in [1.82, 2.24) is 15.2 Å². The van der Waals surface area contributed by atoms with Gasteiger partial charge in [-0.05, 0) is 51.9 Å². The zero-order chi connectivity index (χ0) is 13.7. The van der Waals surface area contributed by atoms with Crippen LogP contribution in [0.25, 0.3) is 0 Å². The fourth-order valence-corrected chi connectivity index (χ4v) is 3.36. The van der Waals surface area contributed by atoms with E-state index in [-0.39, 0.29) is 11.8 Å². The summed E-state index contributed by atoms with van der Waals surface area (Å²) in [5, 5.41) is 0. The summed E-state index contributed by atoms with van der Waals surface area (Å²) >= 11 is 0. The number of hydrogen-bond donors (Lipinski definition) is 2. The molecule has 1 atom stereocenters. The Bertz CT molecular complexity index is 283. The number of piperidine rings is 2. The minimum absolute atomic E-state index is 0.0171. The first-order valence-electron chi connectivity index (χ1n) is 7.67. The number of nitrogens with two attached hydrogens (primary N) is 1. The minimum Gasteiger partial charge on any atom is -0.302 e. The van der Waals surface area contributed by atoms with E-state index in [2.05, 4.69) is 15.2 Å². The van der Waals surface area contributed by atoms with Crippen LogP contribution in [-0.2, 0) is 4.79 Å². The van der Waals surface area contributed by atoms with E-state index in [1.807, 2.05) is 6.92 Å². The number of hydrogen-bond acceptors (Lipinski definition) is 4. The Kier molecular flexibility index (Phi) is 5.60. The molecule has 0 radical (unpaired) electrons. The molecule has 1 unspecified atom stereocenters. The van der Waals surface area contributed by atoms with Gasteiger partial charge >= 0.3 is 0 Å². The average molecular weight is 268 g/mol. The van der Waals surface area contributed by atoms with Crippen molar-refractivity contribution in [3.63, 3.8) is 0 Å². The van der Waals surface area contributed by atoms with E-state index < -0.39 is 0 Å². The van der Waals surface area contributed by atoms with Gasteiger partial charge in [-0.25, -0.2) is 5.84 Å². The van der Waals surface area contributed by atoms with E-state index in [0.717, 1.165) is 25.7 Å². The standard InChI is InChI=1S/C14H28N4O/c1-12(14(19)16-15)11-17-9-5-13(6-10-17)18-7-3-2-4-8-18/h12-13H,2-11,15H2,1H3,(H,16,19). The van der Waals surface area contributed by atoms with Crippen LogP contribution in [0.3, 0.4) is 0 Å². The van der Waals surface area contributed by atoms with Gasteiger partial charge < -0.3 is 9.80 Å². The lowest BCUT2D eigenvalue weighted by atomic mass is 9.99. The number of carbonyl (C=O) groups excluding carboxylic acids is 1. The number of hydrazine groups is 1. The summed E-state index contributed by atoms with van der Waals surface area (Å²) in [5.74, 6) is 5.10. The van der Waals surface area contributed by atoms with E-state index in [0.29, 0.717) is 0 Å². The van der Waals surface area contributed by atoms with Crippen LogP contribution in [0.1, 0.15) is 39.0 Å². The van der Waals surface area contributed by atoms with Crippen molar-refractivity contribution < 1.29 is 4.79 Å². The van der Waals surface area contributed by atoms with Gasteiger partial charge in [0.1, 0.15) is 0 Å². The summed E-state index contributed by atoms with van der Waals surface area (Å²) in [6.45, 7) is 7.58. The summed E-state index contributed by atoms with van der Waals surface area (Å²) < 4.78 is 0. The lowest BCUT2D eigenvalue weighted by Gasteiger charge is -2.40. The zero-order valence-corrected chi connectivity index (χ0v) is 12.1. The maximum absolute atomic E-state index is 11.4. The van der Waals surface area contributed by atoms with Crippen molar-refractivity contribution in [2.24, 2.45) is 11.8 Å². The van der Waals surface area contributed by atoms with E-state index in [1.54, 1.807) is 0 Å². The monoisotopic (exact) mass is 268 g/mol. The van der Waals surface area contributed by atoms with Crippen molar-refractivity contribution in [2.45, 2.75) is 45.1 Å². The summed E-state index contributed by atoms with van der Waals surface area (Å²) in [4.78, 5) is 16.5. The molecule has 5 nitrogen and oxygen atoms in total. The molecule has 2 aliphatic rings. The molecule has 0 aromatic rings. The Morgan fingerprint density at radius 2 is 1.84 bits per heavy atom. The molecular weight excluding hydrogens is 240 g/mol. The largest absolute Gasteiger partial charge is 0.302 e. The van der Waals surface area contributed by atoms with E-state index >= 15 is 0 Å². The Balaban J connectivity index is 1.71. The number of rotatable bonds is 4. The molecule has 5 heteroatoms. The molecule has 0 aliphatic carbocycles. The maximum Gasteiger partial charge on any atom is 0.237 e. The van der Waals surface area contributed by atoms with E-state index in [4.69, 9.17) is 5.84 Å². The summed E-state index contributed by atoms with van der Waals surface area (Å²) in [6, 6.07) is 0.773. The van der Waals surface area contributed by atoms with Crippen molar-refractivity contribution in [1.29, 1.82) is 0 Å². The van der Waals surface area contributed by atoms with Crippen LogP contribution >= 0.6 is 0 Å². The van der Waals surface area contributed by atoms with Crippen molar-refractivity contribution in [2.75, 3.05) is 32.7 Å². The molecule has 0 aromatic carbocycles. The highest BCUT2D eigenvalue weighted by Crippen LogP contribution is 2.21. The molecule has 2 aliphatic heterocycles. The summed E-state index contributed by atoms with van der Waals surface area (Å²) in [6.07, 6.45) is 6.64. The molecule has 110 valence electrons. The molecule has 1 amide bonds. The normalized spacial score (nSPS) is 25.2. The van der Waals surface area contributed by atoms with Crippen molar-refractivity contribution >= 4 is 5.91 Å². The zero-order valence-electron chi connectivity index (χ0n) is 12.1. The first-order chi connectivity index (χ1) is 9.20. The summed E-state index contributed by atoms with van der Waals surface area (Å²) in [7, 11) is 0. The SMILES string of the molecule is CC(CN1CCC(N2CCCCC2)CC1)C(=O)NN. The van der Waals surface area contributed by atoms with Gasteiger partial charge in [0.15, 0.2) is 0 Å². The highest BCUT2D eigenvalue weighted by Gasteiger charge is 2.26. The Hall–Kier alpha value is -0.650. The fraction of sp³-hybridized carbons (Fsp3) is 0.929. The van der Waals surface area contributed by atoms with Gasteiger partial charge in [-0.3, -0.25) is 10.2 Å². The smallest absolute Gasteiger partial charge is 0.237 e. The second kappa shape index (κ2) is 7.22. The van der Waals surface area contributed by atoms with Gasteiger partial charge in [-0.1, -0.05) is 13.3 Å². The highest BCUT2D eigenvalue weighted by molar-refractivity contribution is 5.77. The van der Waals surface area contributed by atoms with Gasteiger partial charge in [0.05, 0.1) is 0 Å². The number of carbonyl (C=O) groups is 1. The lowest BCUT2D eigenvalue weighted by molar-refractivity contribution is -0.125. The molecule has 2 fully saturated rings. The predicted molar refractivity (Wildman–Crippen MR) is 76.4 cm³/mol. The van der Waals surface area contributed by atoms with Crippen LogP contribution in [0.5, 0.6) is 0 Å². The second-order valence-corrected chi connectivity index (χ2v) is 6.04. The Morgan fingerprint density at radius 1 is 1.21 bits per heavy atom. The van der Waals surface area contributed by atoms with Crippen LogP contribution in [0.2, 0.25) is 0 Å². The van der Waals surface area contributed by atoms with Crippen LogP contribution < -0.4 is 11.3 Å². The van der Waals surface area contributed by atoms with Crippen LogP contribution in [0.15, 0.2) is 0 Å². The lowest BCUT2D eigenvalue weighted by Crippen LogP contribution is -2.48. The quantitative estimate of drug-likeness (QED) is 0.444. The third-order valence-corrected chi connectivity index (χ3v) is 4.59. The number of nitrogens with one attached hydrogen (secondary N) is 1. The first kappa shape index (κ1) is 14.8. The van der Waals surface area contributed by atoms with Gasteiger partial charge in [-0.15, -0.1) is 0 Å². The maximum atomic E-state index is 11.4. The van der Waals surface area contributed by atoms with Gasteiger partial charge in [0.25, 0.3) is 0 Å². The molecule has 0 saturated carbocycles. The molecule has 2 saturated heterocycles. The minimum atomic E-state index is -0.0573. The number of amides is 1. The molecular formula is C14H28N4O. The fourth-order valence-electron chi connectivity index (χ4n) is 3.36. The van der Waals surface area contributed by atoms with Gasteiger partial charge in [0.2, 0.25) is 5.91 Å². The Morgan fingerprint density at radius 3 is 2.42 bits per heavy atom.